The van der Waals surface area contributed by atoms with E-state index in [9.17, 15) is 13.2 Å². The van der Waals surface area contributed by atoms with Crippen LogP contribution in [0.4, 0.5) is 13.2 Å². The summed E-state index contributed by atoms with van der Waals surface area (Å²) in [5.74, 6) is 0. The fourth-order valence-electron chi connectivity index (χ4n) is 2.47. The van der Waals surface area contributed by atoms with Crippen molar-refractivity contribution in [3.8, 4) is 0 Å². The highest BCUT2D eigenvalue weighted by Crippen LogP contribution is 2.29. The second-order valence-electron chi connectivity index (χ2n) is 5.38. The Labute approximate surface area is 117 Å². The summed E-state index contributed by atoms with van der Waals surface area (Å²) in [5, 5.41) is 0. The zero-order valence-corrected chi connectivity index (χ0v) is 11.6. The van der Waals surface area contributed by atoms with Gasteiger partial charge in [0.1, 0.15) is 0 Å². The number of alkyl halides is 3. The maximum Gasteiger partial charge on any atom is 0.416 e. The fraction of sp³-hybridized carbons (Fsp3) is 0.600. The quantitative estimate of drug-likeness (QED) is 0.837. The molecule has 0 aromatic heterocycles. The molecule has 0 N–H and O–H groups in total. The number of likely N-dealkylation sites (N-methyl/N-ethyl adjacent to an activating group) is 1. The van der Waals surface area contributed by atoms with Gasteiger partial charge in [-0.25, -0.2) is 0 Å². The molecule has 1 aromatic rings. The molecular formula is C15H20F3NO. The molecular weight excluding hydrogens is 267 g/mol. The maximum absolute atomic E-state index is 12.5. The smallest absolute Gasteiger partial charge is 0.377 e. The van der Waals surface area contributed by atoms with Crippen molar-refractivity contribution in [1.29, 1.82) is 0 Å². The molecule has 20 heavy (non-hydrogen) atoms. The van der Waals surface area contributed by atoms with Crippen molar-refractivity contribution >= 4 is 0 Å². The Morgan fingerprint density at radius 2 is 1.90 bits per heavy atom. The number of hydrogen-bond acceptors (Lipinski definition) is 2. The number of hydrogen-bond donors (Lipinski definition) is 0. The summed E-state index contributed by atoms with van der Waals surface area (Å²) < 4.78 is 43.1. The van der Waals surface area contributed by atoms with E-state index in [0.29, 0.717) is 6.54 Å². The second kappa shape index (κ2) is 6.59. The minimum Gasteiger partial charge on any atom is -0.377 e. The predicted octanol–water partition coefficient (Wildman–Crippen LogP) is 3.71. The predicted molar refractivity (Wildman–Crippen MR) is 71.4 cm³/mol. The highest BCUT2D eigenvalue weighted by atomic mass is 19.4. The van der Waals surface area contributed by atoms with Crippen LogP contribution >= 0.6 is 0 Å². The summed E-state index contributed by atoms with van der Waals surface area (Å²) in [5.41, 5.74) is 0.288. The topological polar surface area (TPSA) is 12.5 Å². The van der Waals surface area contributed by atoms with Crippen molar-refractivity contribution in [2.24, 2.45) is 0 Å². The normalized spacial score (nSPS) is 20.4. The lowest BCUT2D eigenvalue weighted by atomic mass is 10.1. The van der Waals surface area contributed by atoms with Gasteiger partial charge < -0.3 is 4.74 Å². The average molecular weight is 287 g/mol. The highest BCUT2D eigenvalue weighted by molar-refractivity contribution is 5.24. The van der Waals surface area contributed by atoms with Gasteiger partial charge in [0.05, 0.1) is 11.7 Å². The molecule has 1 aromatic carbocycles. The van der Waals surface area contributed by atoms with Crippen molar-refractivity contribution in [3.63, 3.8) is 0 Å². The average Bonchev–Trinajstić information content (AvgIpc) is 2.39. The zero-order valence-electron chi connectivity index (χ0n) is 11.6. The largest absolute Gasteiger partial charge is 0.416 e. The van der Waals surface area contributed by atoms with Gasteiger partial charge in [-0.05, 0) is 44.0 Å². The lowest BCUT2D eigenvalue weighted by molar-refractivity contribution is -0.137. The van der Waals surface area contributed by atoms with Gasteiger partial charge in [-0.15, -0.1) is 0 Å². The third kappa shape index (κ3) is 4.49. The van der Waals surface area contributed by atoms with E-state index in [1.54, 1.807) is 12.1 Å². The van der Waals surface area contributed by atoms with Gasteiger partial charge >= 0.3 is 6.18 Å². The van der Waals surface area contributed by atoms with Crippen LogP contribution in [-0.4, -0.2) is 31.2 Å². The fourth-order valence-corrected chi connectivity index (χ4v) is 2.47. The molecule has 1 heterocycles. The minimum atomic E-state index is -4.26. The number of ether oxygens (including phenoxy) is 1. The summed E-state index contributed by atoms with van der Waals surface area (Å²) in [6, 6.07) is 5.36. The lowest BCUT2D eigenvalue weighted by Gasteiger charge is -2.27. The Kier molecular flexibility index (Phi) is 5.05. The van der Waals surface area contributed by atoms with Crippen molar-refractivity contribution < 1.29 is 17.9 Å². The Morgan fingerprint density at radius 3 is 2.45 bits per heavy atom. The number of halogens is 3. The maximum atomic E-state index is 12.5. The molecule has 2 nitrogen and oxygen atoms in total. The molecule has 0 amide bonds. The first-order chi connectivity index (χ1) is 9.45. The molecule has 1 aliphatic heterocycles. The molecule has 1 fully saturated rings. The molecule has 0 spiro atoms. The van der Waals surface area contributed by atoms with Crippen molar-refractivity contribution in [2.45, 2.75) is 38.1 Å². The van der Waals surface area contributed by atoms with E-state index in [1.165, 1.54) is 6.42 Å². The van der Waals surface area contributed by atoms with E-state index in [0.717, 1.165) is 43.7 Å². The van der Waals surface area contributed by atoms with Crippen LogP contribution in [0.1, 0.15) is 30.4 Å². The molecule has 1 saturated heterocycles. The van der Waals surface area contributed by atoms with Crippen LogP contribution in [0.2, 0.25) is 0 Å². The van der Waals surface area contributed by atoms with Crippen LogP contribution in [0.3, 0.4) is 0 Å². The van der Waals surface area contributed by atoms with Gasteiger partial charge in [-0.1, -0.05) is 12.1 Å². The van der Waals surface area contributed by atoms with Gasteiger partial charge in [0, 0.05) is 19.7 Å². The first-order valence-corrected chi connectivity index (χ1v) is 6.91. The van der Waals surface area contributed by atoms with Gasteiger partial charge in [0.25, 0.3) is 0 Å². The lowest BCUT2D eigenvalue weighted by Crippen LogP contribution is -2.33. The van der Waals surface area contributed by atoms with E-state index in [-0.39, 0.29) is 6.10 Å². The van der Waals surface area contributed by atoms with E-state index < -0.39 is 11.7 Å². The molecule has 0 bridgehead atoms. The highest BCUT2D eigenvalue weighted by Gasteiger charge is 2.29. The summed E-state index contributed by atoms with van der Waals surface area (Å²) in [4.78, 5) is 2.10. The van der Waals surface area contributed by atoms with Crippen LogP contribution in [0.25, 0.3) is 0 Å². The summed E-state index contributed by atoms with van der Waals surface area (Å²) in [6.45, 7) is 2.28. The molecule has 1 atom stereocenters. The van der Waals surface area contributed by atoms with E-state index in [1.807, 2.05) is 7.05 Å². The molecule has 0 radical (unpaired) electrons. The Balaban J connectivity index is 1.86. The Bertz CT molecular complexity index is 410. The Morgan fingerprint density at radius 1 is 1.20 bits per heavy atom. The van der Waals surface area contributed by atoms with Crippen molar-refractivity contribution in [2.75, 3.05) is 20.2 Å². The van der Waals surface area contributed by atoms with E-state index in [2.05, 4.69) is 4.90 Å². The molecule has 5 heteroatoms. The molecule has 112 valence electrons. The third-order valence-electron chi connectivity index (χ3n) is 3.52. The van der Waals surface area contributed by atoms with Gasteiger partial charge in [0.2, 0.25) is 0 Å². The van der Waals surface area contributed by atoms with E-state index in [4.69, 9.17) is 4.74 Å². The van der Waals surface area contributed by atoms with Gasteiger partial charge in [-0.3, -0.25) is 4.90 Å². The summed E-state index contributed by atoms with van der Waals surface area (Å²) >= 11 is 0. The molecule has 2 rings (SSSR count). The summed E-state index contributed by atoms with van der Waals surface area (Å²) in [6.07, 6.45) is -0.626. The van der Waals surface area contributed by atoms with Crippen LogP contribution in [0, 0.1) is 0 Å². The SMILES string of the molecule is CN(Cc1ccc(C(F)(F)F)cc1)CC1CCCCO1. The van der Waals surface area contributed by atoms with Crippen LogP contribution in [0.5, 0.6) is 0 Å². The zero-order chi connectivity index (χ0) is 14.6. The van der Waals surface area contributed by atoms with Crippen LogP contribution < -0.4 is 0 Å². The van der Waals surface area contributed by atoms with E-state index >= 15 is 0 Å². The minimum absolute atomic E-state index is 0.253. The standard InChI is InChI=1S/C15H20F3NO/c1-19(11-14-4-2-3-9-20-14)10-12-5-7-13(8-6-12)15(16,17)18/h5-8,14H,2-4,9-11H2,1H3. The van der Waals surface area contributed by atoms with Crippen molar-refractivity contribution in [3.05, 3.63) is 35.4 Å². The van der Waals surface area contributed by atoms with Gasteiger partial charge in [0.15, 0.2) is 0 Å². The van der Waals surface area contributed by atoms with Gasteiger partial charge in [-0.2, -0.15) is 13.2 Å². The van der Waals surface area contributed by atoms with Crippen LogP contribution in [-0.2, 0) is 17.5 Å². The summed E-state index contributed by atoms with van der Waals surface area (Å²) in [7, 11) is 1.97. The first-order valence-electron chi connectivity index (χ1n) is 6.91. The third-order valence-corrected chi connectivity index (χ3v) is 3.52. The number of nitrogens with zero attached hydrogens (tertiary/aromatic N) is 1. The Hall–Kier alpha value is -1.07. The number of rotatable bonds is 4. The monoisotopic (exact) mass is 287 g/mol. The first kappa shape index (κ1) is 15.3. The second-order valence-corrected chi connectivity index (χ2v) is 5.38. The molecule has 0 saturated carbocycles. The van der Waals surface area contributed by atoms with Crippen LogP contribution in [0.15, 0.2) is 24.3 Å². The number of benzene rings is 1. The molecule has 1 unspecified atom stereocenters. The molecule has 0 aliphatic carbocycles. The van der Waals surface area contributed by atoms with Crippen molar-refractivity contribution in [1.82, 2.24) is 4.90 Å². The molecule has 1 aliphatic rings.